The predicted octanol–water partition coefficient (Wildman–Crippen LogP) is 3.95. The van der Waals surface area contributed by atoms with Crippen LogP contribution in [0.3, 0.4) is 0 Å². The van der Waals surface area contributed by atoms with Crippen molar-refractivity contribution >= 4 is 39.7 Å². The highest BCUT2D eigenvalue weighted by molar-refractivity contribution is 9.10. The van der Waals surface area contributed by atoms with Gasteiger partial charge < -0.3 is 9.47 Å². The van der Waals surface area contributed by atoms with Crippen molar-refractivity contribution in [1.82, 2.24) is 5.43 Å². The van der Waals surface area contributed by atoms with Crippen LogP contribution in [-0.2, 0) is 4.79 Å². The number of halogens is 2. The highest BCUT2D eigenvalue weighted by Crippen LogP contribution is 2.24. The summed E-state index contributed by atoms with van der Waals surface area (Å²) in [5.74, 6) is 0.949. The minimum Gasteiger partial charge on any atom is -0.496 e. The number of benzene rings is 2. The lowest BCUT2D eigenvalue weighted by molar-refractivity contribution is -0.123. The van der Waals surface area contributed by atoms with Crippen LogP contribution in [0.1, 0.15) is 11.1 Å². The van der Waals surface area contributed by atoms with Crippen molar-refractivity contribution in [3.63, 3.8) is 0 Å². The zero-order valence-electron chi connectivity index (χ0n) is 13.2. The summed E-state index contributed by atoms with van der Waals surface area (Å²) in [6.07, 6.45) is 1.54. The molecule has 24 heavy (non-hydrogen) atoms. The summed E-state index contributed by atoms with van der Waals surface area (Å²) in [4.78, 5) is 11.7. The number of nitrogens with one attached hydrogen (secondary N) is 1. The number of carbonyl (C=O) groups is 1. The molecule has 7 heteroatoms. The molecule has 0 bridgehead atoms. The van der Waals surface area contributed by atoms with E-state index in [1.54, 1.807) is 31.4 Å². The first kappa shape index (κ1) is 18.3. The molecule has 0 aliphatic heterocycles. The van der Waals surface area contributed by atoms with Gasteiger partial charge in [-0.15, -0.1) is 0 Å². The van der Waals surface area contributed by atoms with Crippen LogP contribution < -0.4 is 14.9 Å². The largest absolute Gasteiger partial charge is 0.496 e. The van der Waals surface area contributed by atoms with Gasteiger partial charge in [-0.2, -0.15) is 5.10 Å². The Hall–Kier alpha value is -2.05. The van der Waals surface area contributed by atoms with Crippen LogP contribution in [-0.4, -0.2) is 25.8 Å². The number of rotatable bonds is 6. The Labute approximate surface area is 153 Å². The molecule has 1 amide bonds. The summed E-state index contributed by atoms with van der Waals surface area (Å²) < 4.78 is 11.3. The van der Waals surface area contributed by atoms with E-state index in [0.717, 1.165) is 21.3 Å². The van der Waals surface area contributed by atoms with Gasteiger partial charge in [-0.1, -0.05) is 11.6 Å². The van der Waals surface area contributed by atoms with Gasteiger partial charge in [0.05, 0.1) is 17.8 Å². The van der Waals surface area contributed by atoms with Gasteiger partial charge in [0.25, 0.3) is 5.91 Å². The Morgan fingerprint density at radius 2 is 2.12 bits per heavy atom. The number of hydrogen-bond acceptors (Lipinski definition) is 4. The second kappa shape index (κ2) is 8.70. The number of methoxy groups -OCH3 is 1. The van der Waals surface area contributed by atoms with Gasteiger partial charge in [0, 0.05) is 5.02 Å². The smallest absolute Gasteiger partial charge is 0.277 e. The Morgan fingerprint density at radius 3 is 2.79 bits per heavy atom. The lowest BCUT2D eigenvalue weighted by Crippen LogP contribution is -2.24. The normalized spacial score (nSPS) is 10.7. The van der Waals surface area contributed by atoms with Gasteiger partial charge >= 0.3 is 0 Å². The number of aryl methyl sites for hydroxylation is 1. The average Bonchev–Trinajstić information content (AvgIpc) is 2.56. The van der Waals surface area contributed by atoms with Crippen molar-refractivity contribution in [3.8, 4) is 11.5 Å². The lowest BCUT2D eigenvalue weighted by Gasteiger charge is -2.06. The minimum atomic E-state index is -0.355. The first-order valence-corrected chi connectivity index (χ1v) is 8.21. The minimum absolute atomic E-state index is 0.134. The molecule has 5 nitrogen and oxygen atoms in total. The standard InChI is InChI=1S/C17H16BrClN2O3/c1-11-7-13(4-5-15(11)19)24-10-17(22)21-20-9-12-3-6-16(23-2)14(18)8-12/h3-9H,10H2,1-2H3,(H,21,22). The molecule has 0 unspecified atom stereocenters. The first-order valence-electron chi connectivity index (χ1n) is 7.04. The lowest BCUT2D eigenvalue weighted by atomic mass is 10.2. The maximum atomic E-state index is 11.7. The maximum absolute atomic E-state index is 11.7. The van der Waals surface area contributed by atoms with Crippen molar-refractivity contribution < 1.29 is 14.3 Å². The zero-order chi connectivity index (χ0) is 17.5. The van der Waals surface area contributed by atoms with Gasteiger partial charge in [-0.25, -0.2) is 5.43 Å². The van der Waals surface area contributed by atoms with Crippen molar-refractivity contribution in [1.29, 1.82) is 0 Å². The van der Waals surface area contributed by atoms with E-state index in [2.05, 4.69) is 26.5 Å². The second-order valence-corrected chi connectivity index (χ2v) is 6.15. The van der Waals surface area contributed by atoms with Crippen molar-refractivity contribution in [2.45, 2.75) is 6.92 Å². The fourth-order valence-corrected chi connectivity index (χ4v) is 2.51. The zero-order valence-corrected chi connectivity index (χ0v) is 15.5. The predicted molar refractivity (Wildman–Crippen MR) is 98.1 cm³/mol. The molecule has 0 saturated carbocycles. The van der Waals surface area contributed by atoms with E-state index in [0.29, 0.717) is 10.8 Å². The Kier molecular flexibility index (Phi) is 6.63. The summed E-state index contributed by atoms with van der Waals surface area (Å²) in [7, 11) is 1.59. The van der Waals surface area contributed by atoms with Crippen LogP contribution >= 0.6 is 27.5 Å². The molecule has 0 aliphatic rings. The maximum Gasteiger partial charge on any atom is 0.277 e. The molecule has 0 spiro atoms. The molecular weight excluding hydrogens is 396 g/mol. The molecular formula is C17H16BrClN2O3. The summed E-state index contributed by atoms with van der Waals surface area (Å²) in [5, 5.41) is 4.55. The number of nitrogens with zero attached hydrogens (tertiary/aromatic N) is 1. The highest BCUT2D eigenvalue weighted by Gasteiger charge is 2.03. The van der Waals surface area contributed by atoms with E-state index in [1.165, 1.54) is 6.21 Å². The summed E-state index contributed by atoms with van der Waals surface area (Å²) in [5.41, 5.74) is 4.11. The van der Waals surface area contributed by atoms with Crippen LogP contribution in [0.2, 0.25) is 5.02 Å². The fraction of sp³-hybridized carbons (Fsp3) is 0.176. The number of ether oxygens (including phenoxy) is 2. The Balaban J connectivity index is 1.84. The van der Waals surface area contributed by atoms with E-state index in [-0.39, 0.29) is 12.5 Å². The molecule has 1 N–H and O–H groups in total. The van der Waals surface area contributed by atoms with E-state index in [1.807, 2.05) is 19.1 Å². The van der Waals surface area contributed by atoms with Crippen LogP contribution in [0.5, 0.6) is 11.5 Å². The third kappa shape index (κ3) is 5.25. The average molecular weight is 412 g/mol. The molecule has 0 saturated heterocycles. The van der Waals surface area contributed by atoms with Crippen LogP contribution in [0, 0.1) is 6.92 Å². The van der Waals surface area contributed by atoms with E-state index in [4.69, 9.17) is 21.1 Å². The van der Waals surface area contributed by atoms with Crippen LogP contribution in [0.4, 0.5) is 0 Å². The fourth-order valence-electron chi connectivity index (χ4n) is 1.83. The topological polar surface area (TPSA) is 59.9 Å². The van der Waals surface area contributed by atoms with Gasteiger partial charge in [-0.05, 0) is 70.4 Å². The van der Waals surface area contributed by atoms with Crippen LogP contribution in [0.25, 0.3) is 0 Å². The van der Waals surface area contributed by atoms with E-state index in [9.17, 15) is 4.79 Å². The van der Waals surface area contributed by atoms with Crippen molar-refractivity contribution in [3.05, 3.63) is 57.0 Å². The third-order valence-electron chi connectivity index (χ3n) is 3.08. The summed E-state index contributed by atoms with van der Waals surface area (Å²) in [6.45, 7) is 1.73. The Morgan fingerprint density at radius 1 is 1.33 bits per heavy atom. The van der Waals surface area contributed by atoms with Crippen LogP contribution in [0.15, 0.2) is 46.0 Å². The number of hydrogen-bond donors (Lipinski definition) is 1. The molecule has 0 heterocycles. The molecule has 126 valence electrons. The van der Waals surface area contributed by atoms with Crippen molar-refractivity contribution in [2.75, 3.05) is 13.7 Å². The number of hydrazone groups is 1. The number of carbonyl (C=O) groups excluding carboxylic acids is 1. The highest BCUT2D eigenvalue weighted by atomic mass is 79.9. The molecule has 2 aromatic carbocycles. The molecule has 0 radical (unpaired) electrons. The molecule has 2 rings (SSSR count). The van der Waals surface area contributed by atoms with Crippen molar-refractivity contribution in [2.24, 2.45) is 5.10 Å². The summed E-state index contributed by atoms with van der Waals surface area (Å²) >= 11 is 9.32. The van der Waals surface area contributed by atoms with Gasteiger partial charge in [0.1, 0.15) is 11.5 Å². The molecule has 0 aromatic heterocycles. The molecule has 2 aromatic rings. The Bertz CT molecular complexity index is 765. The monoisotopic (exact) mass is 410 g/mol. The van der Waals surface area contributed by atoms with E-state index >= 15 is 0 Å². The molecule has 0 aliphatic carbocycles. The molecule has 0 atom stereocenters. The van der Waals surface area contributed by atoms with Gasteiger partial charge in [0.15, 0.2) is 6.61 Å². The number of amides is 1. The van der Waals surface area contributed by atoms with Gasteiger partial charge in [-0.3, -0.25) is 4.79 Å². The van der Waals surface area contributed by atoms with E-state index < -0.39 is 0 Å². The van der Waals surface area contributed by atoms with Gasteiger partial charge in [0.2, 0.25) is 0 Å². The SMILES string of the molecule is COc1ccc(C=NNC(=O)COc2ccc(Cl)c(C)c2)cc1Br. The third-order valence-corrected chi connectivity index (χ3v) is 4.12. The molecule has 0 fully saturated rings. The quantitative estimate of drug-likeness (QED) is 0.578. The summed E-state index contributed by atoms with van der Waals surface area (Å²) in [6, 6.07) is 10.7. The second-order valence-electron chi connectivity index (χ2n) is 4.89. The first-order chi connectivity index (χ1) is 11.5.